The number of aryl methyl sites for hydroxylation is 1. The van der Waals surface area contributed by atoms with E-state index in [1.807, 2.05) is 6.92 Å². The van der Waals surface area contributed by atoms with Crippen LogP contribution in [0.15, 0.2) is 42.9 Å². The molecule has 3 aromatic rings. The van der Waals surface area contributed by atoms with Gasteiger partial charge < -0.3 is 9.64 Å². The van der Waals surface area contributed by atoms with Crippen LogP contribution in [0.4, 0.5) is 13.2 Å². The summed E-state index contributed by atoms with van der Waals surface area (Å²) in [6.07, 6.45) is 1.41. The number of hydrogen-bond donors (Lipinski definition) is 0. The Balaban J connectivity index is 1.39. The molecule has 0 radical (unpaired) electrons. The molecule has 11 heteroatoms. The summed E-state index contributed by atoms with van der Waals surface area (Å²) in [7, 11) is 0. The molecule has 0 unspecified atom stereocenters. The van der Waals surface area contributed by atoms with Gasteiger partial charge >= 0.3 is 6.18 Å². The van der Waals surface area contributed by atoms with Crippen LogP contribution in [0.3, 0.4) is 0 Å². The minimum Gasteiger partial charge on any atom is -0.472 e. The fourth-order valence-electron chi connectivity index (χ4n) is 4.61. The Bertz CT molecular complexity index is 1150. The number of ether oxygens (including phenoxy) is 1. The Labute approximate surface area is 187 Å². The molecule has 2 aliphatic heterocycles. The largest absolute Gasteiger partial charge is 0.472 e. The van der Waals surface area contributed by atoms with E-state index < -0.39 is 11.7 Å². The van der Waals surface area contributed by atoms with Gasteiger partial charge in [-0.15, -0.1) is 4.80 Å². The van der Waals surface area contributed by atoms with Crippen molar-refractivity contribution in [1.29, 1.82) is 0 Å². The van der Waals surface area contributed by atoms with Crippen molar-refractivity contribution in [3.63, 3.8) is 0 Å². The highest BCUT2D eigenvalue weighted by Crippen LogP contribution is 2.38. The van der Waals surface area contributed by atoms with Gasteiger partial charge in [-0.2, -0.15) is 23.4 Å². The molecular weight excluding hydrogens is 437 g/mol. The van der Waals surface area contributed by atoms with Gasteiger partial charge in [0, 0.05) is 24.5 Å². The zero-order chi connectivity index (χ0) is 23.2. The van der Waals surface area contributed by atoms with Crippen molar-refractivity contribution in [2.24, 2.45) is 5.92 Å². The molecule has 2 bridgehead atoms. The minimum absolute atomic E-state index is 0.114. The van der Waals surface area contributed by atoms with Crippen LogP contribution in [0.1, 0.15) is 41.0 Å². The zero-order valence-electron chi connectivity index (χ0n) is 17.7. The number of rotatable bonds is 4. The number of aromatic nitrogens is 5. The summed E-state index contributed by atoms with van der Waals surface area (Å²) in [4.78, 5) is 25.0. The van der Waals surface area contributed by atoms with E-state index >= 15 is 0 Å². The van der Waals surface area contributed by atoms with Crippen LogP contribution in [0.2, 0.25) is 0 Å². The lowest BCUT2D eigenvalue weighted by Gasteiger charge is -2.49. The monoisotopic (exact) mass is 458 g/mol. The SMILES string of the molecule is Cc1ccc(-n2nccn2)c(C(=O)N2C[C@H]3CC[C@H]2[C@H](Oc2ccc(C(F)(F)F)cn2)C3)n1. The number of piperidine rings is 2. The van der Waals surface area contributed by atoms with Crippen LogP contribution in [0, 0.1) is 12.8 Å². The van der Waals surface area contributed by atoms with E-state index in [4.69, 9.17) is 4.74 Å². The molecule has 5 heterocycles. The molecule has 3 aromatic heterocycles. The number of pyridine rings is 2. The average molecular weight is 458 g/mol. The van der Waals surface area contributed by atoms with Gasteiger partial charge in [0.2, 0.25) is 5.88 Å². The molecule has 0 N–H and O–H groups in total. The van der Waals surface area contributed by atoms with Crippen molar-refractivity contribution < 1.29 is 22.7 Å². The molecule has 3 aliphatic rings. The Morgan fingerprint density at radius 3 is 2.58 bits per heavy atom. The van der Waals surface area contributed by atoms with Gasteiger partial charge in [0.15, 0.2) is 5.69 Å². The van der Waals surface area contributed by atoms with E-state index in [9.17, 15) is 18.0 Å². The van der Waals surface area contributed by atoms with Gasteiger partial charge in [-0.05, 0) is 50.3 Å². The first-order valence-corrected chi connectivity index (χ1v) is 10.6. The van der Waals surface area contributed by atoms with Crippen molar-refractivity contribution in [3.8, 4) is 11.6 Å². The number of halogens is 3. The van der Waals surface area contributed by atoms with Crippen molar-refractivity contribution in [2.75, 3.05) is 6.54 Å². The van der Waals surface area contributed by atoms with Crippen molar-refractivity contribution >= 4 is 5.91 Å². The molecular formula is C22H21F3N6O2. The number of amides is 1. The standard InChI is InChI=1S/C22H21F3N6O2/c1-13-2-5-17(31-27-8-9-28-31)20(29-13)21(32)30-12-14-3-6-16(30)18(10-14)33-19-7-4-15(11-26-19)22(23,24)25/h2,4-5,7-9,11,14,16,18H,3,6,10,12H2,1H3/t14-,16-,18+/m0/s1. The predicted molar refractivity (Wildman–Crippen MR) is 110 cm³/mol. The Morgan fingerprint density at radius 2 is 1.91 bits per heavy atom. The molecule has 1 amide bonds. The maximum absolute atomic E-state index is 13.6. The van der Waals surface area contributed by atoms with Crippen molar-refractivity contribution in [3.05, 3.63) is 59.8 Å². The van der Waals surface area contributed by atoms with Crippen LogP contribution < -0.4 is 4.74 Å². The van der Waals surface area contributed by atoms with E-state index in [0.717, 1.165) is 25.1 Å². The van der Waals surface area contributed by atoms with Gasteiger partial charge in [0.1, 0.15) is 11.8 Å². The Hall–Kier alpha value is -3.50. The highest BCUT2D eigenvalue weighted by molar-refractivity contribution is 5.96. The molecule has 1 aliphatic carbocycles. The molecule has 0 aromatic carbocycles. The normalized spacial score (nSPS) is 22.4. The predicted octanol–water partition coefficient (Wildman–Crippen LogP) is 3.46. The maximum atomic E-state index is 13.6. The van der Waals surface area contributed by atoms with E-state index in [-0.39, 0.29) is 35.5 Å². The lowest BCUT2D eigenvalue weighted by Crippen LogP contribution is -2.59. The number of fused-ring (bicyclic) bond motifs is 3. The van der Waals surface area contributed by atoms with Crippen LogP contribution >= 0.6 is 0 Å². The third-order valence-electron chi connectivity index (χ3n) is 6.17. The summed E-state index contributed by atoms with van der Waals surface area (Å²) in [5.41, 5.74) is 0.601. The Morgan fingerprint density at radius 1 is 1.12 bits per heavy atom. The number of hydrogen-bond acceptors (Lipinski definition) is 6. The van der Waals surface area contributed by atoms with E-state index in [2.05, 4.69) is 20.2 Å². The summed E-state index contributed by atoms with van der Waals surface area (Å²) in [6.45, 7) is 2.38. The third kappa shape index (κ3) is 4.14. The number of carbonyl (C=O) groups is 1. The first-order chi connectivity index (χ1) is 15.8. The summed E-state index contributed by atoms with van der Waals surface area (Å²) in [6, 6.07) is 5.50. The minimum atomic E-state index is -4.46. The summed E-state index contributed by atoms with van der Waals surface area (Å²) < 4.78 is 44.4. The summed E-state index contributed by atoms with van der Waals surface area (Å²) >= 11 is 0. The third-order valence-corrected chi connectivity index (χ3v) is 6.17. The van der Waals surface area contributed by atoms with Crippen LogP contribution in [0.5, 0.6) is 5.88 Å². The topological polar surface area (TPSA) is 86.0 Å². The molecule has 3 atom stereocenters. The summed E-state index contributed by atoms with van der Waals surface area (Å²) in [5, 5.41) is 8.26. The smallest absolute Gasteiger partial charge is 0.417 e. The lowest BCUT2D eigenvalue weighted by molar-refractivity contribution is -0.137. The molecule has 172 valence electrons. The second-order valence-corrected chi connectivity index (χ2v) is 8.38. The lowest BCUT2D eigenvalue weighted by atomic mass is 9.77. The van der Waals surface area contributed by atoms with E-state index in [1.165, 1.54) is 23.3 Å². The maximum Gasteiger partial charge on any atom is 0.417 e. The first kappa shape index (κ1) is 21.4. The highest BCUT2D eigenvalue weighted by Gasteiger charge is 2.45. The number of carbonyl (C=O) groups excluding carboxylic acids is 1. The Kier molecular flexibility index (Phi) is 5.26. The van der Waals surface area contributed by atoms with Crippen molar-refractivity contribution in [1.82, 2.24) is 29.9 Å². The highest BCUT2D eigenvalue weighted by atomic mass is 19.4. The second kappa shape index (κ2) is 8.13. The molecule has 2 saturated heterocycles. The van der Waals surface area contributed by atoms with E-state index in [1.54, 1.807) is 17.0 Å². The van der Waals surface area contributed by atoms with Crippen molar-refractivity contribution in [2.45, 2.75) is 44.5 Å². The van der Waals surface area contributed by atoms with Crippen LogP contribution in [-0.2, 0) is 6.18 Å². The van der Waals surface area contributed by atoms with Crippen LogP contribution in [0.25, 0.3) is 5.69 Å². The van der Waals surface area contributed by atoms with E-state index in [0.29, 0.717) is 24.3 Å². The summed E-state index contributed by atoms with van der Waals surface area (Å²) in [5.74, 6) is 0.104. The molecule has 3 fully saturated rings. The zero-order valence-corrected chi connectivity index (χ0v) is 17.7. The van der Waals surface area contributed by atoms with Gasteiger partial charge in [-0.1, -0.05) is 0 Å². The molecule has 0 spiro atoms. The van der Waals surface area contributed by atoms with Gasteiger partial charge in [0.05, 0.1) is 24.0 Å². The van der Waals surface area contributed by atoms with Gasteiger partial charge in [-0.25, -0.2) is 9.97 Å². The molecule has 6 rings (SSSR count). The molecule has 8 nitrogen and oxygen atoms in total. The number of nitrogens with zero attached hydrogens (tertiary/aromatic N) is 6. The first-order valence-electron chi connectivity index (χ1n) is 10.6. The second-order valence-electron chi connectivity index (χ2n) is 8.38. The number of alkyl halides is 3. The fraction of sp³-hybridized carbons (Fsp3) is 0.409. The van der Waals surface area contributed by atoms with Gasteiger partial charge in [0.25, 0.3) is 5.91 Å². The quantitative estimate of drug-likeness (QED) is 0.595. The van der Waals surface area contributed by atoms with Gasteiger partial charge in [-0.3, -0.25) is 4.79 Å². The molecule has 33 heavy (non-hydrogen) atoms. The van der Waals surface area contributed by atoms with Crippen LogP contribution in [-0.4, -0.2) is 54.5 Å². The molecule has 1 saturated carbocycles. The fourth-order valence-corrected chi connectivity index (χ4v) is 4.61. The average Bonchev–Trinajstić information content (AvgIpc) is 3.33.